The molecule has 0 aromatic heterocycles. The van der Waals surface area contributed by atoms with Gasteiger partial charge in [0.1, 0.15) is 0 Å². The van der Waals surface area contributed by atoms with Crippen LogP contribution in [0.1, 0.15) is 44.7 Å². The maximum absolute atomic E-state index is 12.8. The van der Waals surface area contributed by atoms with E-state index < -0.39 is 0 Å². The molecule has 2 amide bonds. The van der Waals surface area contributed by atoms with Crippen molar-refractivity contribution in [1.29, 1.82) is 0 Å². The first-order chi connectivity index (χ1) is 14.6. The third-order valence-corrected chi connectivity index (χ3v) is 5.22. The van der Waals surface area contributed by atoms with E-state index >= 15 is 0 Å². The van der Waals surface area contributed by atoms with Gasteiger partial charge in [-0.2, -0.15) is 0 Å². The standard InChI is InChI=1S/C25H22N2O3/c28-23-11-6-16-27(23)17-18-12-14-20(15-13-18)25(30)26-22-10-5-4-9-21(22)24(29)19-7-2-1-3-8-19/h1-5,7-10,12-15H,6,11,16-17H2,(H,26,30). The first-order valence-electron chi connectivity index (χ1n) is 9.98. The Hall–Kier alpha value is -3.73. The summed E-state index contributed by atoms with van der Waals surface area (Å²) < 4.78 is 0. The van der Waals surface area contributed by atoms with E-state index in [0.717, 1.165) is 18.5 Å². The lowest BCUT2D eigenvalue weighted by Gasteiger charge is -2.15. The summed E-state index contributed by atoms with van der Waals surface area (Å²) in [5.41, 5.74) is 2.97. The second-order valence-electron chi connectivity index (χ2n) is 7.31. The quantitative estimate of drug-likeness (QED) is 0.630. The third-order valence-electron chi connectivity index (χ3n) is 5.22. The summed E-state index contributed by atoms with van der Waals surface area (Å²) in [6, 6.07) is 23.2. The molecule has 0 radical (unpaired) electrons. The van der Waals surface area contributed by atoms with Gasteiger partial charge >= 0.3 is 0 Å². The summed E-state index contributed by atoms with van der Waals surface area (Å²) in [6.45, 7) is 1.35. The first-order valence-corrected chi connectivity index (χ1v) is 9.98. The number of para-hydroxylation sites is 1. The fourth-order valence-electron chi connectivity index (χ4n) is 3.58. The van der Waals surface area contributed by atoms with Crippen molar-refractivity contribution in [2.24, 2.45) is 0 Å². The molecule has 1 N–H and O–H groups in total. The second-order valence-corrected chi connectivity index (χ2v) is 7.31. The average molecular weight is 398 g/mol. The number of carbonyl (C=O) groups excluding carboxylic acids is 3. The van der Waals surface area contributed by atoms with Gasteiger partial charge < -0.3 is 10.2 Å². The maximum Gasteiger partial charge on any atom is 0.255 e. The molecule has 150 valence electrons. The van der Waals surface area contributed by atoms with Crippen LogP contribution in [0.3, 0.4) is 0 Å². The van der Waals surface area contributed by atoms with E-state index in [9.17, 15) is 14.4 Å². The highest BCUT2D eigenvalue weighted by molar-refractivity contribution is 6.15. The Morgan fingerprint density at radius 3 is 2.23 bits per heavy atom. The molecule has 4 rings (SSSR count). The van der Waals surface area contributed by atoms with E-state index in [-0.39, 0.29) is 17.6 Å². The predicted octanol–water partition coefficient (Wildman–Crippen LogP) is 4.29. The first kappa shape index (κ1) is 19.6. The molecule has 1 aliphatic heterocycles. The smallest absolute Gasteiger partial charge is 0.255 e. The average Bonchev–Trinajstić information content (AvgIpc) is 3.19. The number of likely N-dealkylation sites (tertiary alicyclic amines) is 1. The van der Waals surface area contributed by atoms with Gasteiger partial charge in [0.25, 0.3) is 5.91 Å². The van der Waals surface area contributed by atoms with Gasteiger partial charge in [0.15, 0.2) is 5.78 Å². The molecule has 3 aromatic carbocycles. The van der Waals surface area contributed by atoms with Crippen molar-refractivity contribution in [2.75, 3.05) is 11.9 Å². The van der Waals surface area contributed by atoms with Crippen LogP contribution in [0.15, 0.2) is 78.9 Å². The van der Waals surface area contributed by atoms with Crippen molar-refractivity contribution >= 4 is 23.3 Å². The maximum atomic E-state index is 12.8. The monoisotopic (exact) mass is 398 g/mol. The number of nitrogens with zero attached hydrogens (tertiary/aromatic N) is 1. The van der Waals surface area contributed by atoms with Crippen LogP contribution in [0.5, 0.6) is 0 Å². The highest BCUT2D eigenvalue weighted by Gasteiger charge is 2.20. The Balaban J connectivity index is 1.48. The highest BCUT2D eigenvalue weighted by atomic mass is 16.2. The Kier molecular flexibility index (Phi) is 5.70. The molecule has 0 saturated carbocycles. The van der Waals surface area contributed by atoms with Crippen LogP contribution in [-0.2, 0) is 11.3 Å². The summed E-state index contributed by atoms with van der Waals surface area (Å²) in [4.78, 5) is 39.2. The van der Waals surface area contributed by atoms with E-state index in [2.05, 4.69) is 5.32 Å². The zero-order valence-corrected chi connectivity index (χ0v) is 16.5. The summed E-state index contributed by atoms with van der Waals surface area (Å²) in [7, 11) is 0. The fourth-order valence-corrected chi connectivity index (χ4v) is 3.58. The van der Waals surface area contributed by atoms with E-state index in [1.165, 1.54) is 0 Å². The Morgan fingerprint density at radius 1 is 0.833 bits per heavy atom. The van der Waals surface area contributed by atoms with Crippen LogP contribution in [0, 0.1) is 0 Å². The summed E-state index contributed by atoms with van der Waals surface area (Å²) in [5.74, 6) is -0.249. The highest BCUT2D eigenvalue weighted by Crippen LogP contribution is 2.21. The van der Waals surface area contributed by atoms with Crippen molar-refractivity contribution in [2.45, 2.75) is 19.4 Å². The van der Waals surface area contributed by atoms with E-state index in [1.54, 1.807) is 48.5 Å². The molecule has 30 heavy (non-hydrogen) atoms. The lowest BCUT2D eigenvalue weighted by Crippen LogP contribution is -2.23. The minimum absolute atomic E-state index is 0.142. The van der Waals surface area contributed by atoms with E-state index in [0.29, 0.717) is 35.3 Å². The minimum Gasteiger partial charge on any atom is -0.338 e. The zero-order chi connectivity index (χ0) is 20.9. The van der Waals surface area contributed by atoms with Gasteiger partial charge in [-0.3, -0.25) is 14.4 Å². The largest absolute Gasteiger partial charge is 0.338 e. The van der Waals surface area contributed by atoms with Crippen LogP contribution in [0.2, 0.25) is 0 Å². The van der Waals surface area contributed by atoms with Gasteiger partial charge in [-0.1, -0.05) is 54.6 Å². The molecular weight excluding hydrogens is 376 g/mol. The number of nitrogens with one attached hydrogen (secondary N) is 1. The Bertz CT molecular complexity index is 1080. The topological polar surface area (TPSA) is 66.5 Å². The molecule has 5 heteroatoms. The van der Waals surface area contributed by atoms with Gasteiger partial charge in [-0.15, -0.1) is 0 Å². The number of benzene rings is 3. The van der Waals surface area contributed by atoms with E-state index in [4.69, 9.17) is 0 Å². The van der Waals surface area contributed by atoms with Crippen molar-refractivity contribution in [1.82, 2.24) is 4.90 Å². The van der Waals surface area contributed by atoms with Gasteiger partial charge in [0, 0.05) is 36.2 Å². The summed E-state index contributed by atoms with van der Waals surface area (Å²) in [6.07, 6.45) is 1.52. The molecule has 0 bridgehead atoms. The molecule has 0 unspecified atom stereocenters. The van der Waals surface area contributed by atoms with Crippen molar-refractivity contribution < 1.29 is 14.4 Å². The number of hydrogen-bond donors (Lipinski definition) is 1. The molecule has 1 fully saturated rings. The fraction of sp³-hybridized carbons (Fsp3) is 0.160. The third kappa shape index (κ3) is 4.30. The molecule has 1 heterocycles. The molecule has 1 aliphatic rings. The number of ketones is 1. The minimum atomic E-state index is -0.285. The van der Waals surface area contributed by atoms with Crippen LogP contribution >= 0.6 is 0 Å². The molecule has 5 nitrogen and oxygen atoms in total. The number of amides is 2. The molecule has 0 aliphatic carbocycles. The number of carbonyl (C=O) groups is 3. The summed E-state index contributed by atoms with van der Waals surface area (Å²) >= 11 is 0. The van der Waals surface area contributed by atoms with Crippen LogP contribution in [0.4, 0.5) is 5.69 Å². The van der Waals surface area contributed by atoms with Gasteiger partial charge in [-0.25, -0.2) is 0 Å². The zero-order valence-electron chi connectivity index (χ0n) is 16.5. The SMILES string of the molecule is O=C(Nc1ccccc1C(=O)c1ccccc1)c1ccc(CN2CCCC2=O)cc1. The van der Waals surface area contributed by atoms with Crippen molar-refractivity contribution in [3.8, 4) is 0 Å². The van der Waals surface area contributed by atoms with Gasteiger partial charge in [-0.05, 0) is 36.2 Å². The Labute approximate surface area is 175 Å². The number of anilines is 1. The van der Waals surface area contributed by atoms with Crippen molar-refractivity contribution in [3.63, 3.8) is 0 Å². The normalized spacial score (nSPS) is 13.3. The predicted molar refractivity (Wildman–Crippen MR) is 115 cm³/mol. The van der Waals surface area contributed by atoms with E-state index in [1.807, 2.05) is 35.2 Å². The van der Waals surface area contributed by atoms with Crippen LogP contribution in [0.25, 0.3) is 0 Å². The van der Waals surface area contributed by atoms with Crippen molar-refractivity contribution in [3.05, 3.63) is 101 Å². The Morgan fingerprint density at radius 2 is 1.53 bits per heavy atom. The molecule has 0 spiro atoms. The second kappa shape index (κ2) is 8.74. The van der Waals surface area contributed by atoms with Gasteiger partial charge in [0.05, 0.1) is 5.69 Å². The molecule has 0 atom stereocenters. The lowest BCUT2D eigenvalue weighted by molar-refractivity contribution is -0.128. The van der Waals surface area contributed by atoms with Gasteiger partial charge in [0.2, 0.25) is 5.91 Å². The van der Waals surface area contributed by atoms with Crippen LogP contribution < -0.4 is 5.32 Å². The molecular formula is C25H22N2O3. The molecule has 3 aromatic rings. The van der Waals surface area contributed by atoms with Crippen LogP contribution in [-0.4, -0.2) is 29.0 Å². The molecule has 1 saturated heterocycles. The summed E-state index contributed by atoms with van der Waals surface area (Å²) in [5, 5.41) is 2.85. The number of rotatable bonds is 6. The number of hydrogen-bond acceptors (Lipinski definition) is 3. The lowest BCUT2D eigenvalue weighted by atomic mass is 10.0.